The predicted molar refractivity (Wildman–Crippen MR) is 142 cm³/mol. The van der Waals surface area contributed by atoms with Crippen molar-refractivity contribution in [2.24, 2.45) is 11.8 Å². The molecule has 0 aliphatic carbocycles. The first-order chi connectivity index (χ1) is 16.4. The topological polar surface area (TPSA) is 147 Å². The van der Waals surface area contributed by atoms with Crippen LogP contribution in [0.3, 0.4) is 0 Å². The van der Waals surface area contributed by atoms with Crippen molar-refractivity contribution < 1.29 is 0 Å². The molecule has 4 aromatic rings. The lowest BCUT2D eigenvalue weighted by Crippen LogP contribution is -2.24. The van der Waals surface area contributed by atoms with Crippen LogP contribution in [0.25, 0.3) is 21.5 Å². The normalized spacial score (nSPS) is 12.5. The van der Waals surface area contributed by atoms with Gasteiger partial charge in [-0.1, -0.05) is 84.2 Å². The summed E-state index contributed by atoms with van der Waals surface area (Å²) >= 11 is 2.09. The van der Waals surface area contributed by atoms with Gasteiger partial charge in [-0.25, -0.2) is 0 Å². The van der Waals surface area contributed by atoms with Crippen molar-refractivity contribution in [1.29, 1.82) is 21.3 Å². The fourth-order valence-electron chi connectivity index (χ4n) is 3.66. The number of thioether (sulfide) groups is 2. The lowest BCUT2D eigenvalue weighted by atomic mass is 9.97. The van der Waals surface area contributed by atoms with E-state index in [0.29, 0.717) is 21.2 Å². The van der Waals surface area contributed by atoms with Gasteiger partial charge in [-0.3, -0.25) is 10.8 Å². The molecular weight excluding hydrogens is 460 g/mol. The molecule has 0 amide bonds. The fourth-order valence-corrected chi connectivity index (χ4v) is 5.48. The van der Waals surface area contributed by atoms with Crippen LogP contribution in [0.2, 0.25) is 0 Å². The number of hydrogen-bond acceptors (Lipinski definition) is 8. The van der Waals surface area contributed by atoms with Gasteiger partial charge in [-0.05, 0) is 22.9 Å². The number of nitrogen functional groups attached to an aromatic ring is 2. The van der Waals surface area contributed by atoms with E-state index in [4.69, 9.17) is 22.3 Å². The molecule has 0 bridgehead atoms. The maximum absolute atomic E-state index is 9.81. The van der Waals surface area contributed by atoms with Crippen molar-refractivity contribution in [3.63, 3.8) is 0 Å². The minimum atomic E-state index is -1.11. The van der Waals surface area contributed by atoms with Crippen LogP contribution in [0.4, 0.5) is 11.4 Å². The molecule has 4 rings (SSSR count). The third-order valence-corrected chi connectivity index (χ3v) is 7.58. The van der Waals surface area contributed by atoms with Gasteiger partial charge in [0.2, 0.25) is 0 Å². The number of nitrogens with one attached hydrogen (secondary N) is 2. The van der Waals surface area contributed by atoms with Gasteiger partial charge in [0.15, 0.2) is 0 Å². The molecule has 0 heterocycles. The molecule has 6 N–H and O–H groups in total. The number of hydrogen-bond donors (Lipinski definition) is 4. The summed E-state index contributed by atoms with van der Waals surface area (Å²) < 4.78 is 0. The molecule has 0 aromatic heterocycles. The van der Waals surface area contributed by atoms with Gasteiger partial charge in [0.1, 0.15) is 11.8 Å². The highest BCUT2D eigenvalue weighted by molar-refractivity contribution is 8.14. The Morgan fingerprint density at radius 1 is 0.647 bits per heavy atom. The smallest absolute Gasteiger partial charge is 0.116 e. The number of nitriles is 2. The number of nitrogens with zero attached hydrogens (tertiary/aromatic N) is 2. The molecule has 0 spiro atoms. The molecule has 0 fully saturated rings. The minimum Gasteiger partial charge on any atom is -0.397 e. The summed E-state index contributed by atoms with van der Waals surface area (Å²) in [6, 6.07) is 26.8. The van der Waals surface area contributed by atoms with Crippen molar-refractivity contribution in [2.75, 3.05) is 11.5 Å². The number of fused-ring (bicyclic) bond motifs is 2. The Morgan fingerprint density at radius 2 is 1.03 bits per heavy atom. The Morgan fingerprint density at radius 3 is 1.41 bits per heavy atom. The molecule has 0 radical (unpaired) electrons. The molecule has 0 aliphatic rings. The van der Waals surface area contributed by atoms with Crippen LogP contribution in [-0.2, 0) is 0 Å². The molecule has 34 heavy (non-hydrogen) atoms. The number of nitrogens with two attached hydrogens (primary N) is 2. The lowest BCUT2D eigenvalue weighted by molar-refractivity contribution is 0.787. The summed E-state index contributed by atoms with van der Waals surface area (Å²) in [5.74, 6) is -2.22. The molecule has 2 atom stereocenters. The second kappa shape index (κ2) is 9.88. The van der Waals surface area contributed by atoms with E-state index in [2.05, 4.69) is 0 Å². The van der Waals surface area contributed by atoms with Crippen molar-refractivity contribution in [3.05, 3.63) is 72.8 Å². The van der Waals surface area contributed by atoms with E-state index < -0.39 is 11.8 Å². The molecule has 4 aromatic carbocycles. The molecule has 0 saturated carbocycles. The van der Waals surface area contributed by atoms with Crippen molar-refractivity contribution in [2.45, 2.75) is 9.79 Å². The highest BCUT2D eigenvalue weighted by atomic mass is 32.2. The van der Waals surface area contributed by atoms with Crippen LogP contribution in [0.5, 0.6) is 0 Å². The Hall–Kier alpha value is -3.98. The zero-order valence-corrected chi connectivity index (χ0v) is 19.6. The van der Waals surface area contributed by atoms with Crippen LogP contribution in [0.1, 0.15) is 0 Å². The van der Waals surface area contributed by atoms with Gasteiger partial charge in [-0.2, -0.15) is 10.5 Å². The maximum Gasteiger partial charge on any atom is 0.116 e. The van der Waals surface area contributed by atoms with Crippen molar-refractivity contribution in [3.8, 4) is 12.1 Å². The first-order valence-electron chi connectivity index (χ1n) is 10.3. The third kappa shape index (κ3) is 4.42. The average molecular weight is 481 g/mol. The van der Waals surface area contributed by atoms with Crippen LogP contribution >= 0.6 is 23.5 Å². The van der Waals surface area contributed by atoms with Crippen molar-refractivity contribution >= 4 is 66.5 Å². The number of rotatable bonds is 5. The monoisotopic (exact) mass is 480 g/mol. The van der Waals surface area contributed by atoms with Gasteiger partial charge >= 0.3 is 0 Å². The summed E-state index contributed by atoms with van der Waals surface area (Å²) in [5, 5.41) is 40.3. The molecule has 0 saturated heterocycles. The summed E-state index contributed by atoms with van der Waals surface area (Å²) in [6.45, 7) is 0. The van der Waals surface area contributed by atoms with Crippen LogP contribution < -0.4 is 11.5 Å². The second-order valence-corrected chi connectivity index (χ2v) is 9.71. The van der Waals surface area contributed by atoms with E-state index in [1.165, 1.54) is 0 Å². The highest BCUT2D eigenvalue weighted by Crippen LogP contribution is 2.38. The Labute approximate surface area is 205 Å². The molecule has 2 unspecified atom stereocenters. The molecular formula is C26H20N6S2. The van der Waals surface area contributed by atoms with Crippen LogP contribution in [0.15, 0.2) is 82.6 Å². The first kappa shape index (κ1) is 23.2. The van der Waals surface area contributed by atoms with E-state index in [-0.39, 0.29) is 10.1 Å². The molecule has 166 valence electrons. The Kier molecular flexibility index (Phi) is 6.74. The predicted octanol–water partition coefficient (Wildman–Crippen LogP) is 6.28. The molecule has 6 nitrogen and oxygen atoms in total. The lowest BCUT2D eigenvalue weighted by Gasteiger charge is -2.18. The van der Waals surface area contributed by atoms with E-state index in [1.807, 2.05) is 84.9 Å². The summed E-state index contributed by atoms with van der Waals surface area (Å²) in [5.41, 5.74) is 13.7. The second-order valence-electron chi connectivity index (χ2n) is 7.54. The van der Waals surface area contributed by atoms with E-state index in [0.717, 1.165) is 45.1 Å². The van der Waals surface area contributed by atoms with Gasteiger partial charge in [0.25, 0.3) is 0 Å². The zero-order chi connectivity index (χ0) is 24.2. The minimum absolute atomic E-state index is 0.0344. The zero-order valence-electron chi connectivity index (χ0n) is 17.9. The summed E-state index contributed by atoms with van der Waals surface area (Å²) in [7, 11) is 0. The summed E-state index contributed by atoms with van der Waals surface area (Å²) in [4.78, 5) is 1.28. The Balaban J connectivity index is 1.56. The van der Waals surface area contributed by atoms with E-state index in [1.54, 1.807) is 0 Å². The van der Waals surface area contributed by atoms with Gasteiger partial charge in [0.05, 0.1) is 33.6 Å². The molecule has 8 heteroatoms. The van der Waals surface area contributed by atoms with Gasteiger partial charge in [0, 0.05) is 20.6 Å². The van der Waals surface area contributed by atoms with Crippen LogP contribution in [0, 0.1) is 45.3 Å². The quantitative estimate of drug-likeness (QED) is 0.114. The van der Waals surface area contributed by atoms with Crippen molar-refractivity contribution in [1.82, 2.24) is 0 Å². The standard InChI is InChI=1S/C26H20N6S2/c27-13-19(25(31)33-21-11-9-15-5-1-3-7-17(15)23(21)29)20(14-28)26(32)34-22-12-10-16-6-2-4-8-18(16)24(22)30/h1-12,19-20,31-32H,29-30H2. The van der Waals surface area contributed by atoms with Gasteiger partial charge < -0.3 is 11.5 Å². The fraction of sp³-hybridized carbons (Fsp3) is 0.0769. The first-order valence-corrected chi connectivity index (χ1v) is 11.9. The Bertz CT molecular complexity index is 1400. The summed E-state index contributed by atoms with van der Waals surface area (Å²) in [6.07, 6.45) is 0. The number of benzene rings is 4. The number of anilines is 2. The van der Waals surface area contributed by atoms with Crippen LogP contribution in [-0.4, -0.2) is 10.1 Å². The third-order valence-electron chi connectivity index (χ3n) is 5.48. The largest absolute Gasteiger partial charge is 0.397 e. The SMILES string of the molecule is N#CC(C(=N)Sc1ccc2ccccc2c1N)C(C#N)C(=N)Sc1ccc2ccccc2c1N. The molecule has 0 aliphatic heterocycles. The van der Waals surface area contributed by atoms with E-state index in [9.17, 15) is 10.5 Å². The van der Waals surface area contributed by atoms with E-state index >= 15 is 0 Å². The highest BCUT2D eigenvalue weighted by Gasteiger charge is 2.31. The maximum atomic E-state index is 9.81. The van der Waals surface area contributed by atoms with Gasteiger partial charge in [-0.15, -0.1) is 0 Å². The average Bonchev–Trinajstić information content (AvgIpc) is 2.86.